The summed E-state index contributed by atoms with van der Waals surface area (Å²) in [5.74, 6) is 0.419. The molecule has 1 atom stereocenters. The molecule has 1 aliphatic rings. The van der Waals surface area contributed by atoms with Crippen LogP contribution in [0.1, 0.15) is 60.1 Å². The molecule has 1 aromatic carbocycles. The fourth-order valence-electron chi connectivity index (χ4n) is 2.49. The highest BCUT2D eigenvalue weighted by molar-refractivity contribution is 6.47. The van der Waals surface area contributed by atoms with Gasteiger partial charge in [0.2, 0.25) is 0 Å². The molecule has 0 N–H and O–H groups in total. The summed E-state index contributed by atoms with van der Waals surface area (Å²) >= 11 is 0. The van der Waals surface area contributed by atoms with E-state index in [2.05, 4.69) is 27.7 Å². The Morgan fingerprint density at radius 3 is 2.37 bits per heavy atom. The SMILES string of the molecule is CC(C)C(C)(C)O[B]c1ccc(C2CN(C(=O)OC(C)(C)C)CCO2)cc1. The standard InChI is InChI=1S/C21H33BNO4/c1-15(2)21(6,7)27-22-17-10-8-16(9-11-17)18-14-23(12-13-25-18)19(24)26-20(3,4)5/h8-11,15,18H,12-14H2,1-7H3. The molecule has 0 aliphatic carbocycles. The number of ether oxygens (including phenoxy) is 2. The van der Waals surface area contributed by atoms with Gasteiger partial charge in [-0.05, 0) is 46.1 Å². The van der Waals surface area contributed by atoms with Crippen molar-refractivity contribution in [3.05, 3.63) is 29.8 Å². The lowest BCUT2D eigenvalue weighted by Crippen LogP contribution is -2.44. The first kappa shape index (κ1) is 21.8. The van der Waals surface area contributed by atoms with Gasteiger partial charge in [0.15, 0.2) is 0 Å². The molecule has 1 aromatic rings. The maximum Gasteiger partial charge on any atom is 0.410 e. The van der Waals surface area contributed by atoms with Gasteiger partial charge in [-0.1, -0.05) is 43.6 Å². The van der Waals surface area contributed by atoms with E-state index in [-0.39, 0.29) is 17.8 Å². The van der Waals surface area contributed by atoms with Crippen molar-refractivity contribution in [2.75, 3.05) is 19.7 Å². The summed E-state index contributed by atoms with van der Waals surface area (Å²) in [5.41, 5.74) is 1.35. The smallest absolute Gasteiger partial charge is 0.410 e. The largest absolute Gasteiger partial charge is 0.444 e. The molecular weight excluding hydrogens is 341 g/mol. The van der Waals surface area contributed by atoms with E-state index in [1.54, 1.807) is 12.4 Å². The molecule has 1 aliphatic heterocycles. The summed E-state index contributed by atoms with van der Waals surface area (Å²) < 4.78 is 17.3. The first-order valence-electron chi connectivity index (χ1n) is 9.68. The third-order valence-corrected chi connectivity index (χ3v) is 4.92. The molecule has 1 heterocycles. The molecule has 0 aromatic heterocycles. The van der Waals surface area contributed by atoms with Crippen LogP contribution in [-0.4, -0.2) is 49.4 Å². The van der Waals surface area contributed by atoms with Crippen LogP contribution in [-0.2, 0) is 14.1 Å². The van der Waals surface area contributed by atoms with E-state index in [1.807, 2.05) is 45.0 Å². The van der Waals surface area contributed by atoms with Crippen molar-refractivity contribution in [2.45, 2.75) is 65.8 Å². The Bertz CT molecular complexity index is 622. The van der Waals surface area contributed by atoms with Crippen LogP contribution in [0.3, 0.4) is 0 Å². The number of benzene rings is 1. The number of amides is 1. The zero-order valence-corrected chi connectivity index (χ0v) is 17.7. The molecule has 1 unspecified atom stereocenters. The molecule has 0 saturated carbocycles. The monoisotopic (exact) mass is 374 g/mol. The lowest BCUT2D eigenvalue weighted by molar-refractivity contribution is -0.0432. The summed E-state index contributed by atoms with van der Waals surface area (Å²) in [6.07, 6.45) is -0.432. The van der Waals surface area contributed by atoms with Gasteiger partial charge in [0, 0.05) is 12.1 Å². The average Bonchev–Trinajstić information content (AvgIpc) is 2.59. The predicted octanol–water partition coefficient (Wildman–Crippen LogP) is 3.69. The number of nitrogens with zero attached hydrogens (tertiary/aromatic N) is 1. The van der Waals surface area contributed by atoms with Gasteiger partial charge in [0.1, 0.15) is 11.7 Å². The molecule has 149 valence electrons. The molecule has 1 amide bonds. The molecule has 0 spiro atoms. The van der Waals surface area contributed by atoms with Gasteiger partial charge >= 0.3 is 13.6 Å². The Balaban J connectivity index is 1.95. The topological polar surface area (TPSA) is 48.0 Å². The third-order valence-electron chi connectivity index (χ3n) is 4.92. The molecule has 2 rings (SSSR count). The lowest BCUT2D eigenvalue weighted by atomic mass is 9.83. The van der Waals surface area contributed by atoms with Crippen molar-refractivity contribution < 1.29 is 18.9 Å². The molecule has 27 heavy (non-hydrogen) atoms. The van der Waals surface area contributed by atoms with Crippen LogP contribution in [0.15, 0.2) is 24.3 Å². The average molecular weight is 374 g/mol. The fraction of sp³-hybridized carbons (Fsp3) is 0.667. The molecular formula is C21H33BNO4. The van der Waals surface area contributed by atoms with Gasteiger partial charge in [-0.25, -0.2) is 4.79 Å². The minimum Gasteiger partial charge on any atom is -0.444 e. The maximum atomic E-state index is 12.3. The number of hydrogen-bond acceptors (Lipinski definition) is 4. The van der Waals surface area contributed by atoms with Crippen molar-refractivity contribution in [1.29, 1.82) is 0 Å². The molecule has 6 heteroatoms. The zero-order chi connectivity index (χ0) is 20.2. The van der Waals surface area contributed by atoms with Gasteiger partial charge in [-0.2, -0.15) is 0 Å². The van der Waals surface area contributed by atoms with E-state index in [4.69, 9.17) is 14.1 Å². The van der Waals surface area contributed by atoms with Crippen LogP contribution in [0, 0.1) is 5.92 Å². The van der Waals surface area contributed by atoms with Crippen LogP contribution < -0.4 is 5.46 Å². The van der Waals surface area contributed by atoms with Gasteiger partial charge in [0.05, 0.1) is 13.2 Å². The minimum absolute atomic E-state index is 0.145. The maximum absolute atomic E-state index is 12.3. The van der Waals surface area contributed by atoms with E-state index in [0.717, 1.165) is 11.0 Å². The Kier molecular flexibility index (Phi) is 6.98. The van der Waals surface area contributed by atoms with Crippen molar-refractivity contribution in [2.24, 2.45) is 5.92 Å². The zero-order valence-electron chi connectivity index (χ0n) is 17.7. The van der Waals surface area contributed by atoms with Crippen LogP contribution in [0.25, 0.3) is 0 Å². The Labute approximate surface area is 164 Å². The second kappa shape index (κ2) is 8.66. The highest BCUT2D eigenvalue weighted by atomic mass is 16.6. The molecule has 1 fully saturated rings. The van der Waals surface area contributed by atoms with Crippen LogP contribution >= 0.6 is 0 Å². The van der Waals surface area contributed by atoms with E-state index < -0.39 is 5.60 Å². The summed E-state index contributed by atoms with van der Waals surface area (Å²) in [5, 5.41) is 0. The van der Waals surface area contributed by atoms with Gasteiger partial charge < -0.3 is 19.0 Å². The van der Waals surface area contributed by atoms with Crippen molar-refractivity contribution in [3.63, 3.8) is 0 Å². The summed E-state index contributed by atoms with van der Waals surface area (Å²) in [4.78, 5) is 14.0. The molecule has 5 nitrogen and oxygen atoms in total. The number of morpholine rings is 1. The quantitative estimate of drug-likeness (QED) is 0.738. The number of carbonyl (C=O) groups excluding carboxylic acids is 1. The summed E-state index contributed by atoms with van der Waals surface area (Å²) in [7, 11) is 1.80. The number of carbonyl (C=O) groups is 1. The first-order valence-corrected chi connectivity index (χ1v) is 9.68. The van der Waals surface area contributed by atoms with Crippen LogP contribution in [0.4, 0.5) is 4.79 Å². The lowest BCUT2D eigenvalue weighted by Gasteiger charge is -2.34. The van der Waals surface area contributed by atoms with E-state index in [1.165, 1.54) is 0 Å². The minimum atomic E-state index is -0.494. The first-order chi connectivity index (χ1) is 12.5. The Morgan fingerprint density at radius 2 is 1.81 bits per heavy atom. The predicted molar refractivity (Wildman–Crippen MR) is 108 cm³/mol. The Morgan fingerprint density at radius 1 is 1.19 bits per heavy atom. The highest BCUT2D eigenvalue weighted by Crippen LogP contribution is 2.23. The number of hydrogen-bond donors (Lipinski definition) is 0. The fourth-order valence-corrected chi connectivity index (χ4v) is 2.49. The second-order valence-corrected chi connectivity index (χ2v) is 8.95. The summed E-state index contributed by atoms with van der Waals surface area (Å²) in [6.45, 7) is 15.6. The Hall–Kier alpha value is -1.53. The third kappa shape index (κ3) is 6.54. The van der Waals surface area contributed by atoms with Crippen LogP contribution in [0.5, 0.6) is 0 Å². The molecule has 1 saturated heterocycles. The normalized spacial score (nSPS) is 18.5. The van der Waals surface area contributed by atoms with Crippen molar-refractivity contribution in [3.8, 4) is 0 Å². The van der Waals surface area contributed by atoms with Crippen molar-refractivity contribution >= 4 is 19.0 Å². The van der Waals surface area contributed by atoms with E-state index in [9.17, 15) is 4.79 Å². The van der Waals surface area contributed by atoms with Gasteiger partial charge in [-0.3, -0.25) is 0 Å². The van der Waals surface area contributed by atoms with Gasteiger partial charge in [-0.15, -0.1) is 0 Å². The molecule has 0 bridgehead atoms. The van der Waals surface area contributed by atoms with E-state index in [0.29, 0.717) is 25.6 Å². The van der Waals surface area contributed by atoms with Crippen LogP contribution in [0.2, 0.25) is 0 Å². The van der Waals surface area contributed by atoms with Gasteiger partial charge in [0.25, 0.3) is 0 Å². The van der Waals surface area contributed by atoms with Crippen molar-refractivity contribution in [1.82, 2.24) is 4.90 Å². The van der Waals surface area contributed by atoms with E-state index >= 15 is 0 Å². The molecule has 1 radical (unpaired) electrons. The highest BCUT2D eigenvalue weighted by Gasteiger charge is 2.29. The summed E-state index contributed by atoms with van der Waals surface area (Å²) in [6, 6.07) is 8.09. The number of rotatable bonds is 5. The second-order valence-electron chi connectivity index (χ2n) is 8.95.